The first-order valence-corrected chi connectivity index (χ1v) is 1.99. The van der Waals surface area contributed by atoms with Gasteiger partial charge in [-0.15, -0.1) is 5.76 Å². The molecular formula is C5H7InO2+2. The number of hydrogen-bond donors (Lipinski definition) is 0. The van der Waals surface area contributed by atoms with Gasteiger partial charge in [0, 0.05) is 0 Å². The Kier molecular flexibility index (Phi) is 7.15. The monoisotopic (exact) mass is 214 g/mol. The molecule has 0 bridgehead atoms. The minimum Gasteiger partial charge on any atom is -0.876 e. The molecule has 0 aliphatic heterocycles. The van der Waals surface area contributed by atoms with Crippen LogP contribution in [-0.4, -0.2) is 31.6 Å². The van der Waals surface area contributed by atoms with E-state index < -0.39 is 0 Å². The molecule has 0 saturated heterocycles. The van der Waals surface area contributed by atoms with Crippen molar-refractivity contribution in [3.8, 4) is 0 Å². The third kappa shape index (κ3) is 9.43. The summed E-state index contributed by atoms with van der Waals surface area (Å²) in [6.07, 6.45) is 1.06. The Labute approximate surface area is 67.4 Å². The van der Waals surface area contributed by atoms with Gasteiger partial charge >= 0.3 is 25.8 Å². The van der Waals surface area contributed by atoms with Crippen molar-refractivity contribution in [3.63, 3.8) is 0 Å². The molecule has 8 heavy (non-hydrogen) atoms. The first-order chi connectivity index (χ1) is 3.13. The summed E-state index contributed by atoms with van der Waals surface area (Å²) in [4.78, 5) is 9.98. The summed E-state index contributed by atoms with van der Waals surface area (Å²) in [5, 5.41) is 9.98. The van der Waals surface area contributed by atoms with Gasteiger partial charge in [-0.05, 0) is 13.0 Å². The van der Waals surface area contributed by atoms with Gasteiger partial charge in [-0.1, -0.05) is 6.92 Å². The van der Waals surface area contributed by atoms with Crippen LogP contribution < -0.4 is 5.11 Å². The fourth-order valence-electron chi connectivity index (χ4n) is 0.286. The maximum absolute atomic E-state index is 9.98. The molecule has 0 aliphatic rings. The first kappa shape index (κ1) is 11.0. The van der Waals surface area contributed by atoms with E-state index in [0.29, 0.717) is 0 Å². The van der Waals surface area contributed by atoms with E-state index >= 15 is 0 Å². The van der Waals surface area contributed by atoms with Crippen molar-refractivity contribution < 1.29 is 9.90 Å². The van der Waals surface area contributed by atoms with Crippen molar-refractivity contribution in [1.82, 2.24) is 0 Å². The van der Waals surface area contributed by atoms with E-state index in [0.717, 1.165) is 6.08 Å². The Morgan fingerprint density at radius 3 is 1.88 bits per heavy atom. The van der Waals surface area contributed by atoms with Crippen LogP contribution in [0.1, 0.15) is 13.8 Å². The average molecular weight is 214 g/mol. The Bertz CT molecular complexity index is 103. The van der Waals surface area contributed by atoms with Gasteiger partial charge in [0.2, 0.25) is 0 Å². The van der Waals surface area contributed by atoms with Crippen LogP contribution >= 0.6 is 0 Å². The number of carbonyl (C=O) groups excluding carboxylic acids is 1. The topological polar surface area (TPSA) is 40.1 Å². The smallest absolute Gasteiger partial charge is 0.876 e. The molecule has 0 aromatic heterocycles. The minimum atomic E-state index is -0.187. The fourth-order valence-corrected chi connectivity index (χ4v) is 0.286. The van der Waals surface area contributed by atoms with Gasteiger partial charge < -0.3 is 5.11 Å². The number of hydrogen-bond acceptors (Lipinski definition) is 2. The number of carbonyl (C=O) groups is 1. The summed E-state index contributed by atoms with van der Waals surface area (Å²) >= 11 is 0. The van der Waals surface area contributed by atoms with Crippen molar-refractivity contribution >= 4 is 31.6 Å². The molecule has 3 heteroatoms. The fraction of sp³-hybridized carbons (Fsp3) is 0.400. The van der Waals surface area contributed by atoms with E-state index in [-0.39, 0.29) is 37.4 Å². The van der Waals surface area contributed by atoms with Crippen LogP contribution in [0.15, 0.2) is 11.8 Å². The molecule has 0 fully saturated rings. The van der Waals surface area contributed by atoms with Gasteiger partial charge in [-0.2, -0.15) is 0 Å². The molecule has 2 nitrogen and oxygen atoms in total. The van der Waals surface area contributed by atoms with Gasteiger partial charge in [-0.25, -0.2) is 0 Å². The second kappa shape index (κ2) is 5.22. The normalized spacial score (nSPS) is 10.0. The number of rotatable bonds is 1. The van der Waals surface area contributed by atoms with Crippen molar-refractivity contribution in [1.29, 1.82) is 0 Å². The van der Waals surface area contributed by atoms with Gasteiger partial charge in [0.1, 0.15) is 0 Å². The SMILES string of the molecule is CC(=O)/C=C(/C)[O-].[In+3]. The van der Waals surface area contributed by atoms with Crippen LogP contribution in [0.2, 0.25) is 0 Å². The van der Waals surface area contributed by atoms with Crippen molar-refractivity contribution in [2.45, 2.75) is 13.8 Å². The Morgan fingerprint density at radius 1 is 1.50 bits per heavy atom. The maximum atomic E-state index is 9.98. The number of ketones is 1. The summed E-state index contributed by atoms with van der Waals surface area (Å²) in [5.41, 5.74) is 0. The van der Waals surface area contributed by atoms with E-state index in [4.69, 9.17) is 0 Å². The van der Waals surface area contributed by atoms with E-state index in [1.54, 1.807) is 0 Å². The molecule has 0 aliphatic carbocycles. The van der Waals surface area contributed by atoms with Gasteiger partial charge in [0.15, 0.2) is 5.78 Å². The quantitative estimate of drug-likeness (QED) is 0.434. The standard InChI is InChI=1S/C5H8O2.In/c1-4(6)3-5(2)7;/h3,6H,1-2H3;/q;+3/p-1/b4-3-;. The molecule has 0 unspecified atom stereocenters. The molecule has 0 aromatic carbocycles. The summed E-state index contributed by atoms with van der Waals surface area (Å²) in [5.74, 6) is -0.375. The van der Waals surface area contributed by atoms with Crippen LogP contribution in [0, 0.1) is 0 Å². The molecule has 40 valence electrons. The third-order valence-electron chi connectivity index (χ3n) is 0.407. The van der Waals surface area contributed by atoms with Crippen molar-refractivity contribution in [2.75, 3.05) is 0 Å². The zero-order chi connectivity index (χ0) is 5.86. The summed E-state index contributed by atoms with van der Waals surface area (Å²) in [6.45, 7) is 2.70. The summed E-state index contributed by atoms with van der Waals surface area (Å²) < 4.78 is 0. The largest absolute Gasteiger partial charge is 3.00 e. The molecule has 0 saturated carbocycles. The van der Waals surface area contributed by atoms with Crippen LogP contribution in [0.5, 0.6) is 0 Å². The van der Waals surface area contributed by atoms with E-state index in [1.807, 2.05) is 0 Å². The molecule has 0 rings (SSSR count). The average Bonchev–Trinajstić information content (AvgIpc) is 1.27. The van der Waals surface area contributed by atoms with Crippen molar-refractivity contribution in [3.05, 3.63) is 11.8 Å². The van der Waals surface area contributed by atoms with Gasteiger partial charge in [0.05, 0.1) is 0 Å². The molecule has 0 N–H and O–H groups in total. The molecule has 0 radical (unpaired) electrons. The van der Waals surface area contributed by atoms with Crippen LogP contribution in [0.3, 0.4) is 0 Å². The molecule has 0 spiro atoms. The zero-order valence-corrected chi connectivity index (χ0v) is 8.27. The zero-order valence-electron chi connectivity index (χ0n) is 4.97. The van der Waals surface area contributed by atoms with Gasteiger partial charge in [-0.3, -0.25) is 4.79 Å². The summed E-state index contributed by atoms with van der Waals surface area (Å²) in [7, 11) is 0. The minimum absolute atomic E-state index is 0. The Balaban J connectivity index is 0. The molecular weight excluding hydrogens is 207 g/mol. The predicted octanol–water partition coefficient (Wildman–Crippen LogP) is -0.541. The predicted molar refractivity (Wildman–Crippen MR) is 30.2 cm³/mol. The number of allylic oxidation sites excluding steroid dienone is 2. The van der Waals surface area contributed by atoms with E-state index in [1.165, 1.54) is 13.8 Å². The Hall–Kier alpha value is 0.0801. The third-order valence-corrected chi connectivity index (χ3v) is 0.407. The van der Waals surface area contributed by atoms with Gasteiger partial charge in [0.25, 0.3) is 0 Å². The van der Waals surface area contributed by atoms with Crippen LogP contribution in [0.4, 0.5) is 0 Å². The second-order valence-corrected chi connectivity index (χ2v) is 1.37. The van der Waals surface area contributed by atoms with E-state index in [2.05, 4.69) is 0 Å². The second-order valence-electron chi connectivity index (χ2n) is 1.37. The Morgan fingerprint density at radius 2 is 1.88 bits per heavy atom. The first-order valence-electron chi connectivity index (χ1n) is 1.99. The maximum Gasteiger partial charge on any atom is 3.00 e. The summed E-state index contributed by atoms with van der Waals surface area (Å²) in [6, 6.07) is 0. The van der Waals surface area contributed by atoms with Crippen LogP contribution in [-0.2, 0) is 4.79 Å². The molecule has 0 heterocycles. The molecule has 0 amide bonds. The molecule has 0 atom stereocenters. The van der Waals surface area contributed by atoms with Crippen LogP contribution in [0.25, 0.3) is 0 Å². The van der Waals surface area contributed by atoms with Crippen molar-refractivity contribution in [2.24, 2.45) is 0 Å². The van der Waals surface area contributed by atoms with E-state index in [9.17, 15) is 9.90 Å². The molecule has 0 aromatic rings.